The fourth-order valence-electron chi connectivity index (χ4n) is 2.88. The second kappa shape index (κ2) is 13.2. The van der Waals surface area contributed by atoms with E-state index in [1.54, 1.807) is 7.11 Å². The van der Waals surface area contributed by atoms with Crippen molar-refractivity contribution in [3.63, 3.8) is 0 Å². The number of amides is 1. The van der Waals surface area contributed by atoms with Crippen LogP contribution in [0.2, 0.25) is 0 Å². The lowest BCUT2D eigenvalue weighted by Crippen LogP contribution is -2.30. The van der Waals surface area contributed by atoms with E-state index in [0.29, 0.717) is 42.7 Å². The van der Waals surface area contributed by atoms with Crippen LogP contribution in [0, 0.1) is 0 Å². The molecule has 7 heteroatoms. The molecule has 0 radical (unpaired) electrons. The van der Waals surface area contributed by atoms with Gasteiger partial charge in [-0.05, 0) is 50.1 Å². The highest BCUT2D eigenvalue weighted by atomic mass is 16.5. The van der Waals surface area contributed by atoms with Crippen molar-refractivity contribution in [3.05, 3.63) is 53.6 Å². The molecule has 0 aliphatic rings. The van der Waals surface area contributed by atoms with E-state index in [1.165, 1.54) is 0 Å². The molecule has 2 aromatic rings. The van der Waals surface area contributed by atoms with Crippen LogP contribution in [-0.4, -0.2) is 38.7 Å². The van der Waals surface area contributed by atoms with Gasteiger partial charge < -0.3 is 25.4 Å². The first-order valence-electron chi connectivity index (χ1n) is 10.8. The summed E-state index contributed by atoms with van der Waals surface area (Å²) in [5.74, 6) is 1.99. The Balaban J connectivity index is 2.04. The predicted molar refractivity (Wildman–Crippen MR) is 126 cm³/mol. The molecule has 2 aromatic carbocycles. The van der Waals surface area contributed by atoms with Gasteiger partial charge in [-0.2, -0.15) is 0 Å². The van der Waals surface area contributed by atoms with Crippen molar-refractivity contribution in [1.29, 1.82) is 0 Å². The van der Waals surface area contributed by atoms with Crippen LogP contribution in [0.15, 0.2) is 47.5 Å². The molecule has 0 atom stereocenters. The Morgan fingerprint density at radius 1 is 1.00 bits per heavy atom. The number of rotatable bonds is 11. The first-order chi connectivity index (χ1) is 15.1. The highest BCUT2D eigenvalue weighted by Gasteiger charge is 2.08. The number of anilines is 1. The third kappa shape index (κ3) is 7.85. The maximum atomic E-state index is 12.1. The molecular formula is C24H34N4O3. The Hall–Kier alpha value is -3.22. The molecule has 7 nitrogen and oxygen atoms in total. The van der Waals surface area contributed by atoms with E-state index < -0.39 is 0 Å². The van der Waals surface area contributed by atoms with Crippen molar-refractivity contribution in [2.24, 2.45) is 4.99 Å². The highest BCUT2D eigenvalue weighted by Crippen LogP contribution is 2.30. The number of ether oxygens (including phenoxy) is 2. The number of carbonyl (C=O) groups is 1. The quantitative estimate of drug-likeness (QED) is 0.285. The summed E-state index contributed by atoms with van der Waals surface area (Å²) in [6.45, 7) is 8.53. The molecule has 1 amide bonds. The van der Waals surface area contributed by atoms with E-state index in [-0.39, 0.29) is 5.91 Å². The van der Waals surface area contributed by atoms with Gasteiger partial charge in [-0.1, -0.05) is 25.5 Å². The fraction of sp³-hybridized carbons (Fsp3) is 0.417. The van der Waals surface area contributed by atoms with Crippen LogP contribution in [0.5, 0.6) is 11.5 Å². The number of nitrogens with one attached hydrogen (secondary N) is 3. The standard InChI is InChI=1S/C24H34N4O3/c1-5-8-15-26-23(29)19-11-9-18(10-12-19)17-27-24(25-6-2)28-20-13-14-21(30-4)22(16-20)31-7-3/h9-14,16H,5-8,15,17H2,1-4H3,(H,26,29)(H2,25,27,28). The van der Waals surface area contributed by atoms with Crippen molar-refractivity contribution < 1.29 is 14.3 Å². The molecule has 0 unspecified atom stereocenters. The summed E-state index contributed by atoms with van der Waals surface area (Å²) >= 11 is 0. The first kappa shape index (κ1) is 24.1. The van der Waals surface area contributed by atoms with E-state index in [9.17, 15) is 4.79 Å². The van der Waals surface area contributed by atoms with E-state index in [0.717, 1.165) is 30.6 Å². The SMILES string of the molecule is CCCCNC(=O)c1ccc(CN=C(NCC)Nc2ccc(OC)c(OCC)c2)cc1. The molecule has 0 fully saturated rings. The van der Waals surface area contributed by atoms with Gasteiger partial charge in [0, 0.05) is 30.4 Å². The second-order valence-electron chi connectivity index (χ2n) is 6.93. The van der Waals surface area contributed by atoms with Crippen LogP contribution in [0.1, 0.15) is 49.5 Å². The largest absolute Gasteiger partial charge is 0.493 e. The first-order valence-corrected chi connectivity index (χ1v) is 10.8. The van der Waals surface area contributed by atoms with Gasteiger partial charge in [0.05, 0.1) is 20.3 Å². The molecule has 0 aliphatic carbocycles. The van der Waals surface area contributed by atoms with Crippen LogP contribution in [0.4, 0.5) is 5.69 Å². The van der Waals surface area contributed by atoms with Crippen LogP contribution >= 0.6 is 0 Å². The molecule has 2 rings (SSSR count). The van der Waals surface area contributed by atoms with Crippen LogP contribution in [0.3, 0.4) is 0 Å². The van der Waals surface area contributed by atoms with Crippen molar-refractivity contribution in [2.75, 3.05) is 32.1 Å². The molecule has 0 saturated carbocycles. The summed E-state index contributed by atoms with van der Waals surface area (Å²) in [6, 6.07) is 13.2. The average molecular weight is 427 g/mol. The normalized spacial score (nSPS) is 11.0. The van der Waals surface area contributed by atoms with E-state index in [2.05, 4.69) is 27.9 Å². The number of hydrogen-bond acceptors (Lipinski definition) is 4. The van der Waals surface area contributed by atoms with Gasteiger partial charge in [0.25, 0.3) is 5.91 Å². The fourth-order valence-corrected chi connectivity index (χ4v) is 2.88. The van der Waals surface area contributed by atoms with Gasteiger partial charge in [0.1, 0.15) is 0 Å². The Morgan fingerprint density at radius 2 is 1.77 bits per heavy atom. The Bertz CT molecular complexity index is 850. The molecule has 0 heterocycles. The Morgan fingerprint density at radius 3 is 2.42 bits per heavy atom. The average Bonchev–Trinajstić information content (AvgIpc) is 2.78. The minimum atomic E-state index is -0.0388. The van der Waals surface area contributed by atoms with E-state index in [1.807, 2.05) is 56.3 Å². The minimum Gasteiger partial charge on any atom is -0.493 e. The predicted octanol–water partition coefficient (Wildman–Crippen LogP) is 4.20. The molecule has 0 saturated heterocycles. The van der Waals surface area contributed by atoms with E-state index in [4.69, 9.17) is 9.47 Å². The second-order valence-corrected chi connectivity index (χ2v) is 6.93. The van der Waals surface area contributed by atoms with Gasteiger partial charge in [-0.15, -0.1) is 0 Å². The lowest BCUT2D eigenvalue weighted by molar-refractivity contribution is 0.0953. The monoisotopic (exact) mass is 426 g/mol. The van der Waals surface area contributed by atoms with Crippen molar-refractivity contribution in [1.82, 2.24) is 10.6 Å². The zero-order valence-corrected chi connectivity index (χ0v) is 19.0. The number of benzene rings is 2. The molecule has 168 valence electrons. The molecule has 0 aromatic heterocycles. The van der Waals surface area contributed by atoms with Crippen molar-refractivity contribution in [3.8, 4) is 11.5 Å². The summed E-state index contributed by atoms with van der Waals surface area (Å²) in [7, 11) is 1.62. The molecule has 3 N–H and O–H groups in total. The van der Waals surface area contributed by atoms with Gasteiger partial charge in [0.15, 0.2) is 17.5 Å². The Kier molecular flexibility index (Phi) is 10.2. The lowest BCUT2D eigenvalue weighted by Gasteiger charge is -2.14. The van der Waals surface area contributed by atoms with Crippen LogP contribution in [-0.2, 0) is 6.54 Å². The summed E-state index contributed by atoms with van der Waals surface area (Å²) in [6.07, 6.45) is 2.04. The van der Waals surface area contributed by atoms with Crippen LogP contribution in [0.25, 0.3) is 0 Å². The number of carbonyl (C=O) groups excluding carboxylic acids is 1. The molecular weight excluding hydrogens is 392 g/mol. The third-order valence-electron chi connectivity index (χ3n) is 4.52. The topological polar surface area (TPSA) is 84.0 Å². The number of hydrogen-bond donors (Lipinski definition) is 3. The zero-order chi connectivity index (χ0) is 22.5. The number of nitrogens with zero attached hydrogens (tertiary/aromatic N) is 1. The number of aliphatic imine (C=N–C) groups is 1. The Labute approximate surface area is 185 Å². The highest BCUT2D eigenvalue weighted by molar-refractivity contribution is 5.94. The van der Waals surface area contributed by atoms with E-state index >= 15 is 0 Å². The summed E-state index contributed by atoms with van der Waals surface area (Å²) in [5.41, 5.74) is 2.53. The smallest absolute Gasteiger partial charge is 0.251 e. The molecule has 0 spiro atoms. The van der Waals surface area contributed by atoms with Gasteiger partial charge in [-0.3, -0.25) is 4.79 Å². The van der Waals surface area contributed by atoms with Crippen molar-refractivity contribution in [2.45, 2.75) is 40.2 Å². The summed E-state index contributed by atoms with van der Waals surface area (Å²) in [5, 5.41) is 9.47. The van der Waals surface area contributed by atoms with Gasteiger partial charge in [0.2, 0.25) is 0 Å². The molecule has 0 bridgehead atoms. The summed E-state index contributed by atoms with van der Waals surface area (Å²) < 4.78 is 11.0. The number of methoxy groups -OCH3 is 1. The number of unbranched alkanes of at least 4 members (excludes halogenated alkanes) is 1. The van der Waals surface area contributed by atoms with Gasteiger partial charge in [-0.25, -0.2) is 4.99 Å². The molecule has 0 aliphatic heterocycles. The summed E-state index contributed by atoms with van der Waals surface area (Å²) in [4.78, 5) is 16.8. The molecule has 31 heavy (non-hydrogen) atoms. The minimum absolute atomic E-state index is 0.0388. The maximum absolute atomic E-state index is 12.1. The van der Waals surface area contributed by atoms with Crippen LogP contribution < -0.4 is 25.4 Å². The maximum Gasteiger partial charge on any atom is 0.251 e. The van der Waals surface area contributed by atoms with Crippen molar-refractivity contribution >= 4 is 17.6 Å². The third-order valence-corrected chi connectivity index (χ3v) is 4.52. The number of guanidine groups is 1. The lowest BCUT2D eigenvalue weighted by atomic mass is 10.1. The zero-order valence-electron chi connectivity index (χ0n) is 19.0. The van der Waals surface area contributed by atoms with Gasteiger partial charge >= 0.3 is 0 Å².